The SMILES string of the molecule is Cc1ccc(S(=O)(=O)O[C@H]2[C@H](O)[C@@H](O)[C@H](CO)O[C@H]2O)cc1. The van der Waals surface area contributed by atoms with Crippen molar-refractivity contribution in [3.05, 3.63) is 29.8 Å². The Bertz CT molecular complexity index is 599. The molecule has 22 heavy (non-hydrogen) atoms. The molecule has 8 nitrogen and oxygen atoms in total. The highest BCUT2D eigenvalue weighted by atomic mass is 32.2. The second kappa shape index (κ2) is 6.59. The molecule has 0 bridgehead atoms. The first kappa shape index (κ1) is 17.3. The van der Waals surface area contributed by atoms with Crippen LogP contribution in [0.5, 0.6) is 0 Å². The van der Waals surface area contributed by atoms with Gasteiger partial charge in [0.2, 0.25) is 0 Å². The molecule has 0 spiro atoms. The van der Waals surface area contributed by atoms with Gasteiger partial charge in [-0.25, -0.2) is 0 Å². The van der Waals surface area contributed by atoms with E-state index in [2.05, 4.69) is 0 Å². The average Bonchev–Trinajstić information content (AvgIpc) is 2.48. The van der Waals surface area contributed by atoms with Crippen molar-refractivity contribution in [3.8, 4) is 0 Å². The highest BCUT2D eigenvalue weighted by molar-refractivity contribution is 7.86. The van der Waals surface area contributed by atoms with Gasteiger partial charge in [-0.2, -0.15) is 8.42 Å². The summed E-state index contributed by atoms with van der Waals surface area (Å²) in [5.41, 5.74) is 0.848. The molecule has 2 rings (SSSR count). The van der Waals surface area contributed by atoms with E-state index in [4.69, 9.17) is 14.0 Å². The number of aliphatic hydroxyl groups is 4. The second-order valence-corrected chi connectivity index (χ2v) is 6.63. The van der Waals surface area contributed by atoms with Crippen LogP contribution in [0, 0.1) is 6.92 Å². The molecule has 0 radical (unpaired) electrons. The summed E-state index contributed by atoms with van der Waals surface area (Å²) in [6.45, 7) is 1.14. The van der Waals surface area contributed by atoms with Crippen LogP contribution < -0.4 is 0 Å². The van der Waals surface area contributed by atoms with Gasteiger partial charge in [0.1, 0.15) is 18.3 Å². The first-order chi connectivity index (χ1) is 10.3. The molecule has 0 aliphatic carbocycles. The minimum atomic E-state index is -4.26. The van der Waals surface area contributed by atoms with Gasteiger partial charge in [-0.05, 0) is 19.1 Å². The Labute approximate surface area is 127 Å². The number of hydrogen-bond donors (Lipinski definition) is 4. The van der Waals surface area contributed by atoms with Gasteiger partial charge in [-0.15, -0.1) is 0 Å². The van der Waals surface area contributed by atoms with Crippen molar-refractivity contribution in [2.45, 2.75) is 42.5 Å². The summed E-state index contributed by atoms with van der Waals surface area (Å²) < 4.78 is 33.9. The average molecular weight is 334 g/mol. The van der Waals surface area contributed by atoms with Crippen molar-refractivity contribution in [2.75, 3.05) is 6.61 Å². The maximum atomic E-state index is 12.1. The van der Waals surface area contributed by atoms with Crippen LogP contribution in [-0.4, -0.2) is 66.2 Å². The number of aryl methyl sites for hydroxylation is 1. The summed E-state index contributed by atoms with van der Waals surface area (Å²) in [5.74, 6) is 0. The summed E-state index contributed by atoms with van der Waals surface area (Å²) >= 11 is 0. The van der Waals surface area contributed by atoms with Gasteiger partial charge in [0.05, 0.1) is 11.5 Å². The van der Waals surface area contributed by atoms with Gasteiger partial charge in [0.15, 0.2) is 12.4 Å². The fourth-order valence-corrected chi connectivity index (χ4v) is 3.16. The topological polar surface area (TPSA) is 134 Å². The Morgan fingerprint density at radius 1 is 1.14 bits per heavy atom. The Morgan fingerprint density at radius 2 is 1.73 bits per heavy atom. The molecule has 5 atom stereocenters. The lowest BCUT2D eigenvalue weighted by Gasteiger charge is -2.39. The number of hydrogen-bond acceptors (Lipinski definition) is 8. The van der Waals surface area contributed by atoms with Crippen LogP contribution >= 0.6 is 0 Å². The smallest absolute Gasteiger partial charge is 0.297 e. The van der Waals surface area contributed by atoms with E-state index in [1.165, 1.54) is 12.1 Å². The molecule has 1 fully saturated rings. The van der Waals surface area contributed by atoms with Gasteiger partial charge in [-0.3, -0.25) is 4.18 Å². The van der Waals surface area contributed by atoms with E-state index in [1.807, 2.05) is 0 Å². The highest BCUT2D eigenvalue weighted by Crippen LogP contribution is 2.25. The van der Waals surface area contributed by atoms with E-state index in [1.54, 1.807) is 19.1 Å². The summed E-state index contributed by atoms with van der Waals surface area (Å²) in [5, 5.41) is 38.3. The standard InChI is InChI=1S/C13H18O8S/c1-7-2-4-8(5-3-7)22(18,19)21-12-11(16)10(15)9(6-14)20-13(12)17/h2-5,9-17H,6H2,1H3/t9-,10-,11+,12-,13+/m0/s1. The molecule has 0 aromatic heterocycles. The number of benzene rings is 1. The first-order valence-corrected chi connectivity index (χ1v) is 7.97. The second-order valence-electron chi connectivity index (χ2n) is 5.06. The minimum Gasteiger partial charge on any atom is -0.394 e. The molecule has 1 aliphatic heterocycles. The summed E-state index contributed by atoms with van der Waals surface area (Å²) in [7, 11) is -4.26. The maximum absolute atomic E-state index is 12.1. The molecule has 124 valence electrons. The number of rotatable bonds is 4. The third-order valence-electron chi connectivity index (χ3n) is 3.39. The third kappa shape index (κ3) is 3.46. The molecular formula is C13H18O8S. The molecule has 1 aliphatic rings. The van der Waals surface area contributed by atoms with E-state index < -0.39 is 47.4 Å². The molecule has 1 heterocycles. The zero-order valence-electron chi connectivity index (χ0n) is 11.7. The lowest BCUT2D eigenvalue weighted by atomic mass is 9.99. The molecule has 9 heteroatoms. The third-order valence-corrected chi connectivity index (χ3v) is 4.72. The molecule has 0 unspecified atom stereocenters. The van der Waals surface area contributed by atoms with Crippen LogP contribution in [0.2, 0.25) is 0 Å². The van der Waals surface area contributed by atoms with Crippen LogP contribution in [-0.2, 0) is 19.0 Å². The van der Waals surface area contributed by atoms with E-state index in [0.29, 0.717) is 0 Å². The van der Waals surface area contributed by atoms with Crippen LogP contribution in [0.25, 0.3) is 0 Å². The predicted octanol–water partition coefficient (Wildman–Crippen LogP) is -1.50. The van der Waals surface area contributed by atoms with Crippen LogP contribution in [0.15, 0.2) is 29.2 Å². The largest absolute Gasteiger partial charge is 0.394 e. The van der Waals surface area contributed by atoms with E-state index >= 15 is 0 Å². The van der Waals surface area contributed by atoms with E-state index in [9.17, 15) is 23.7 Å². The molecule has 0 amide bonds. The molecule has 1 aromatic carbocycles. The minimum absolute atomic E-state index is 0.156. The van der Waals surface area contributed by atoms with Crippen LogP contribution in [0.1, 0.15) is 5.56 Å². The van der Waals surface area contributed by atoms with E-state index in [-0.39, 0.29) is 4.90 Å². The maximum Gasteiger partial charge on any atom is 0.297 e. The fourth-order valence-electron chi connectivity index (χ4n) is 2.08. The molecule has 0 saturated carbocycles. The van der Waals surface area contributed by atoms with Crippen molar-refractivity contribution in [1.82, 2.24) is 0 Å². The Morgan fingerprint density at radius 3 is 2.27 bits per heavy atom. The van der Waals surface area contributed by atoms with Crippen LogP contribution in [0.3, 0.4) is 0 Å². The van der Waals surface area contributed by atoms with Crippen molar-refractivity contribution in [1.29, 1.82) is 0 Å². The molecule has 1 aromatic rings. The van der Waals surface area contributed by atoms with Crippen molar-refractivity contribution < 1.29 is 37.8 Å². The summed E-state index contributed by atoms with van der Waals surface area (Å²) in [4.78, 5) is -0.156. The van der Waals surface area contributed by atoms with Crippen LogP contribution in [0.4, 0.5) is 0 Å². The predicted molar refractivity (Wildman–Crippen MR) is 73.2 cm³/mol. The number of aliphatic hydroxyl groups excluding tert-OH is 4. The van der Waals surface area contributed by atoms with Crippen molar-refractivity contribution in [2.24, 2.45) is 0 Å². The zero-order chi connectivity index (χ0) is 16.5. The number of ether oxygens (including phenoxy) is 1. The van der Waals surface area contributed by atoms with Crippen molar-refractivity contribution >= 4 is 10.1 Å². The van der Waals surface area contributed by atoms with E-state index in [0.717, 1.165) is 5.56 Å². The lowest BCUT2D eigenvalue weighted by Crippen LogP contribution is -2.59. The summed E-state index contributed by atoms with van der Waals surface area (Å²) in [6, 6.07) is 5.77. The van der Waals surface area contributed by atoms with Gasteiger partial charge in [0, 0.05) is 0 Å². The van der Waals surface area contributed by atoms with Gasteiger partial charge < -0.3 is 25.2 Å². The Balaban J connectivity index is 2.20. The lowest BCUT2D eigenvalue weighted by molar-refractivity contribution is -0.279. The Hall–Kier alpha value is -1.07. The fraction of sp³-hybridized carbons (Fsp3) is 0.538. The monoisotopic (exact) mass is 334 g/mol. The first-order valence-electron chi connectivity index (χ1n) is 6.57. The normalized spacial score (nSPS) is 32.9. The van der Waals surface area contributed by atoms with Gasteiger partial charge >= 0.3 is 0 Å². The molecule has 4 N–H and O–H groups in total. The molecule has 1 saturated heterocycles. The zero-order valence-corrected chi connectivity index (χ0v) is 12.5. The highest BCUT2D eigenvalue weighted by Gasteiger charge is 2.46. The summed E-state index contributed by atoms with van der Waals surface area (Å²) in [6.07, 6.45) is -8.07. The van der Waals surface area contributed by atoms with Crippen molar-refractivity contribution in [3.63, 3.8) is 0 Å². The molecular weight excluding hydrogens is 316 g/mol. The quantitative estimate of drug-likeness (QED) is 0.489. The van der Waals surface area contributed by atoms with Gasteiger partial charge in [0.25, 0.3) is 10.1 Å². The Kier molecular flexibility index (Phi) is 5.17. The van der Waals surface area contributed by atoms with Gasteiger partial charge in [-0.1, -0.05) is 17.7 Å².